The minimum absolute atomic E-state index is 0.455. The summed E-state index contributed by atoms with van der Waals surface area (Å²) in [6.07, 6.45) is 2.54. The summed E-state index contributed by atoms with van der Waals surface area (Å²) in [6, 6.07) is 4.80. The zero-order valence-corrected chi connectivity index (χ0v) is 9.46. The molecule has 82 valence electrons. The van der Waals surface area contributed by atoms with Crippen molar-refractivity contribution in [2.24, 2.45) is 5.73 Å². The third kappa shape index (κ3) is 2.69. The summed E-state index contributed by atoms with van der Waals surface area (Å²) in [5.74, 6) is 1.44. The lowest BCUT2D eigenvalue weighted by molar-refractivity contribution is 0.816. The van der Waals surface area contributed by atoms with Gasteiger partial charge in [-0.15, -0.1) is 0 Å². The van der Waals surface area contributed by atoms with E-state index in [0.717, 1.165) is 17.1 Å². The second-order valence-electron chi connectivity index (χ2n) is 4.56. The monoisotopic (exact) mass is 205 g/mol. The van der Waals surface area contributed by atoms with Crippen LogP contribution in [0.2, 0.25) is 0 Å². The molecular formula is C12H19N3. The number of nitrogens with one attached hydrogen (secondary N) is 1. The Kier molecular flexibility index (Phi) is 2.91. The third-order valence-electron chi connectivity index (χ3n) is 2.66. The molecule has 1 aliphatic rings. The minimum Gasteiger partial charge on any atom is -0.367 e. The number of nitrogens with two attached hydrogens (primary N) is 1. The van der Waals surface area contributed by atoms with Gasteiger partial charge in [-0.05, 0) is 36.5 Å². The van der Waals surface area contributed by atoms with Crippen molar-refractivity contribution in [3.8, 4) is 0 Å². The molecule has 1 saturated carbocycles. The van der Waals surface area contributed by atoms with Crippen molar-refractivity contribution in [3.63, 3.8) is 0 Å². The Morgan fingerprint density at radius 2 is 2.20 bits per heavy atom. The molecule has 3 nitrogen and oxygen atoms in total. The molecule has 0 bridgehead atoms. The van der Waals surface area contributed by atoms with E-state index in [0.29, 0.717) is 18.5 Å². The summed E-state index contributed by atoms with van der Waals surface area (Å²) < 4.78 is 0. The number of rotatable bonds is 4. The van der Waals surface area contributed by atoms with Crippen LogP contribution in [-0.2, 0) is 6.54 Å². The maximum atomic E-state index is 5.68. The summed E-state index contributed by atoms with van der Waals surface area (Å²) in [6.45, 7) is 4.90. The Morgan fingerprint density at radius 3 is 2.73 bits per heavy atom. The molecule has 0 saturated heterocycles. The molecule has 1 aromatic rings. The van der Waals surface area contributed by atoms with E-state index in [1.54, 1.807) is 0 Å². The minimum atomic E-state index is 0.455. The van der Waals surface area contributed by atoms with Crippen molar-refractivity contribution in [1.82, 2.24) is 4.98 Å². The van der Waals surface area contributed by atoms with E-state index in [1.165, 1.54) is 12.8 Å². The van der Waals surface area contributed by atoms with Crippen LogP contribution in [0.3, 0.4) is 0 Å². The van der Waals surface area contributed by atoms with Gasteiger partial charge in [-0.2, -0.15) is 0 Å². The Bertz CT molecular complexity index is 343. The van der Waals surface area contributed by atoms with Crippen molar-refractivity contribution < 1.29 is 0 Å². The van der Waals surface area contributed by atoms with Crippen LogP contribution in [0.1, 0.15) is 43.9 Å². The molecule has 15 heavy (non-hydrogen) atoms. The van der Waals surface area contributed by atoms with Crippen molar-refractivity contribution in [3.05, 3.63) is 23.4 Å². The standard InChI is InChI=1S/C12H19N3/c1-8(2)11-5-9(7-13)6-12(15-11)14-10-3-4-10/h5-6,8,10H,3-4,7,13H2,1-2H3,(H,14,15). The maximum absolute atomic E-state index is 5.68. The van der Waals surface area contributed by atoms with Crippen LogP contribution < -0.4 is 11.1 Å². The fraction of sp³-hybridized carbons (Fsp3) is 0.583. The van der Waals surface area contributed by atoms with Gasteiger partial charge in [-0.3, -0.25) is 0 Å². The number of nitrogens with zero attached hydrogens (tertiary/aromatic N) is 1. The molecule has 1 aromatic heterocycles. The second kappa shape index (κ2) is 4.19. The largest absolute Gasteiger partial charge is 0.367 e. The van der Waals surface area contributed by atoms with Gasteiger partial charge in [0.15, 0.2) is 0 Å². The van der Waals surface area contributed by atoms with Crippen LogP contribution >= 0.6 is 0 Å². The van der Waals surface area contributed by atoms with Gasteiger partial charge >= 0.3 is 0 Å². The second-order valence-corrected chi connectivity index (χ2v) is 4.56. The lowest BCUT2D eigenvalue weighted by Gasteiger charge is -2.11. The van der Waals surface area contributed by atoms with Crippen molar-refractivity contribution in [1.29, 1.82) is 0 Å². The van der Waals surface area contributed by atoms with Crippen molar-refractivity contribution in [2.75, 3.05) is 5.32 Å². The van der Waals surface area contributed by atoms with Gasteiger partial charge < -0.3 is 11.1 Å². The smallest absolute Gasteiger partial charge is 0.126 e. The van der Waals surface area contributed by atoms with Crippen LogP contribution in [0.4, 0.5) is 5.82 Å². The molecule has 0 amide bonds. The number of anilines is 1. The predicted octanol–water partition coefficient (Wildman–Crippen LogP) is 2.24. The summed E-state index contributed by atoms with van der Waals surface area (Å²) in [5, 5.41) is 3.42. The van der Waals surface area contributed by atoms with E-state index in [2.05, 4.69) is 36.3 Å². The quantitative estimate of drug-likeness (QED) is 0.792. The van der Waals surface area contributed by atoms with E-state index in [4.69, 9.17) is 5.73 Å². The third-order valence-corrected chi connectivity index (χ3v) is 2.66. The van der Waals surface area contributed by atoms with Crippen LogP contribution in [0, 0.1) is 0 Å². The summed E-state index contributed by atoms with van der Waals surface area (Å²) in [5.41, 5.74) is 7.97. The molecule has 3 heteroatoms. The Labute approximate surface area is 91.1 Å². The van der Waals surface area contributed by atoms with Gasteiger partial charge in [0.05, 0.1) is 0 Å². The summed E-state index contributed by atoms with van der Waals surface area (Å²) in [4.78, 5) is 4.59. The summed E-state index contributed by atoms with van der Waals surface area (Å²) >= 11 is 0. The van der Waals surface area contributed by atoms with E-state index >= 15 is 0 Å². The number of hydrogen-bond donors (Lipinski definition) is 2. The van der Waals surface area contributed by atoms with Crippen molar-refractivity contribution in [2.45, 2.75) is 45.2 Å². The molecule has 1 heterocycles. The van der Waals surface area contributed by atoms with Crippen LogP contribution in [-0.4, -0.2) is 11.0 Å². The first kappa shape index (κ1) is 10.4. The number of pyridine rings is 1. The first-order valence-corrected chi connectivity index (χ1v) is 5.66. The topological polar surface area (TPSA) is 50.9 Å². The molecule has 3 N–H and O–H groups in total. The average Bonchev–Trinajstić information content (AvgIpc) is 3.01. The Morgan fingerprint density at radius 1 is 1.47 bits per heavy atom. The average molecular weight is 205 g/mol. The van der Waals surface area contributed by atoms with Crippen LogP contribution in [0.5, 0.6) is 0 Å². The zero-order valence-electron chi connectivity index (χ0n) is 9.46. The molecule has 1 fully saturated rings. The number of aromatic nitrogens is 1. The highest BCUT2D eigenvalue weighted by atomic mass is 15.0. The first-order valence-electron chi connectivity index (χ1n) is 5.66. The van der Waals surface area contributed by atoms with Crippen LogP contribution in [0.25, 0.3) is 0 Å². The Hall–Kier alpha value is -1.09. The van der Waals surface area contributed by atoms with Gasteiger partial charge in [-0.25, -0.2) is 4.98 Å². The van der Waals surface area contributed by atoms with E-state index in [9.17, 15) is 0 Å². The molecule has 0 aromatic carbocycles. The normalized spacial score (nSPS) is 15.7. The summed E-state index contributed by atoms with van der Waals surface area (Å²) in [7, 11) is 0. The van der Waals surface area contributed by atoms with Gasteiger partial charge in [0.25, 0.3) is 0 Å². The molecule has 0 radical (unpaired) electrons. The molecule has 0 spiro atoms. The molecule has 0 unspecified atom stereocenters. The molecule has 1 aliphatic carbocycles. The lowest BCUT2D eigenvalue weighted by Crippen LogP contribution is -2.08. The van der Waals surface area contributed by atoms with Crippen molar-refractivity contribution >= 4 is 5.82 Å². The van der Waals surface area contributed by atoms with Gasteiger partial charge in [-0.1, -0.05) is 13.8 Å². The first-order chi connectivity index (χ1) is 7.19. The maximum Gasteiger partial charge on any atom is 0.126 e. The predicted molar refractivity (Wildman–Crippen MR) is 62.9 cm³/mol. The highest BCUT2D eigenvalue weighted by Gasteiger charge is 2.21. The van der Waals surface area contributed by atoms with Gasteiger partial charge in [0, 0.05) is 18.3 Å². The molecule has 2 rings (SSSR count). The van der Waals surface area contributed by atoms with Crippen LogP contribution in [0.15, 0.2) is 12.1 Å². The van der Waals surface area contributed by atoms with E-state index < -0.39 is 0 Å². The Balaban J connectivity index is 2.23. The van der Waals surface area contributed by atoms with Gasteiger partial charge in [0.1, 0.15) is 5.82 Å². The fourth-order valence-electron chi connectivity index (χ4n) is 1.54. The number of hydrogen-bond acceptors (Lipinski definition) is 3. The highest BCUT2D eigenvalue weighted by Crippen LogP contribution is 2.25. The zero-order chi connectivity index (χ0) is 10.8. The molecule has 0 atom stereocenters. The van der Waals surface area contributed by atoms with E-state index in [1.807, 2.05) is 0 Å². The molecule has 0 aliphatic heterocycles. The van der Waals surface area contributed by atoms with Gasteiger partial charge in [0.2, 0.25) is 0 Å². The SMILES string of the molecule is CC(C)c1cc(CN)cc(NC2CC2)n1. The van der Waals surface area contributed by atoms with E-state index in [-0.39, 0.29) is 0 Å². The highest BCUT2D eigenvalue weighted by molar-refractivity contribution is 5.42. The molecular weight excluding hydrogens is 186 g/mol. The fourth-order valence-corrected chi connectivity index (χ4v) is 1.54. The lowest BCUT2D eigenvalue weighted by atomic mass is 10.1.